The number of carbonyl (C=O) groups excluding carboxylic acids is 1. The third-order valence-corrected chi connectivity index (χ3v) is 4.24. The molecule has 0 spiro atoms. The first-order chi connectivity index (χ1) is 10.6. The van der Waals surface area contributed by atoms with E-state index in [0.717, 1.165) is 39.3 Å². The lowest BCUT2D eigenvalue weighted by molar-refractivity contribution is -0.116. The van der Waals surface area contributed by atoms with Gasteiger partial charge in [-0.1, -0.05) is 18.5 Å². The second-order valence-electron chi connectivity index (χ2n) is 5.42. The van der Waals surface area contributed by atoms with Crippen molar-refractivity contribution in [3.63, 3.8) is 0 Å². The molecule has 1 aliphatic heterocycles. The molecule has 0 unspecified atom stereocenters. The van der Waals surface area contributed by atoms with Crippen LogP contribution in [0.15, 0.2) is 18.2 Å². The summed E-state index contributed by atoms with van der Waals surface area (Å²) >= 11 is 5.96. The van der Waals surface area contributed by atoms with E-state index in [2.05, 4.69) is 22.0 Å². The van der Waals surface area contributed by atoms with Gasteiger partial charge < -0.3 is 19.9 Å². The first kappa shape index (κ1) is 17.1. The SMILES string of the molecule is CCN1CCN(CCC(=O)Nc2cc(Cl)ccc2OC)CC1. The molecule has 22 heavy (non-hydrogen) atoms. The highest BCUT2D eigenvalue weighted by Crippen LogP contribution is 2.27. The fraction of sp³-hybridized carbons (Fsp3) is 0.562. The number of hydrogen-bond donors (Lipinski definition) is 1. The number of likely N-dealkylation sites (N-methyl/N-ethyl adjacent to an activating group) is 1. The van der Waals surface area contributed by atoms with Crippen LogP contribution in [0.3, 0.4) is 0 Å². The van der Waals surface area contributed by atoms with Crippen LogP contribution in [0.4, 0.5) is 5.69 Å². The summed E-state index contributed by atoms with van der Waals surface area (Å²) < 4.78 is 5.23. The van der Waals surface area contributed by atoms with E-state index in [-0.39, 0.29) is 5.91 Å². The Morgan fingerprint density at radius 1 is 1.27 bits per heavy atom. The maximum atomic E-state index is 12.1. The summed E-state index contributed by atoms with van der Waals surface area (Å²) in [5.74, 6) is 0.604. The van der Waals surface area contributed by atoms with Crippen LogP contribution in [0.25, 0.3) is 0 Å². The van der Waals surface area contributed by atoms with Crippen LogP contribution >= 0.6 is 11.6 Å². The molecule has 5 nitrogen and oxygen atoms in total. The number of benzene rings is 1. The number of amides is 1. The summed E-state index contributed by atoms with van der Waals surface area (Å²) in [5, 5.41) is 3.45. The van der Waals surface area contributed by atoms with Gasteiger partial charge >= 0.3 is 0 Å². The van der Waals surface area contributed by atoms with Gasteiger partial charge in [-0.25, -0.2) is 0 Å². The Morgan fingerprint density at radius 3 is 2.59 bits per heavy atom. The molecule has 0 radical (unpaired) electrons. The highest BCUT2D eigenvalue weighted by molar-refractivity contribution is 6.31. The number of nitrogens with zero attached hydrogens (tertiary/aromatic N) is 2. The van der Waals surface area contributed by atoms with Gasteiger partial charge in [0.15, 0.2) is 0 Å². The number of nitrogens with one attached hydrogen (secondary N) is 1. The first-order valence-electron chi connectivity index (χ1n) is 7.70. The lowest BCUT2D eigenvalue weighted by Gasteiger charge is -2.33. The molecule has 1 aromatic carbocycles. The van der Waals surface area contributed by atoms with Crippen molar-refractivity contribution < 1.29 is 9.53 Å². The van der Waals surface area contributed by atoms with E-state index in [1.165, 1.54) is 0 Å². The van der Waals surface area contributed by atoms with Crippen molar-refractivity contribution in [1.82, 2.24) is 9.80 Å². The van der Waals surface area contributed by atoms with Gasteiger partial charge in [0.1, 0.15) is 5.75 Å². The van der Waals surface area contributed by atoms with Crippen molar-refractivity contribution in [3.05, 3.63) is 23.2 Å². The van der Waals surface area contributed by atoms with E-state index >= 15 is 0 Å². The molecule has 0 bridgehead atoms. The van der Waals surface area contributed by atoms with Crippen molar-refractivity contribution in [3.8, 4) is 5.75 Å². The predicted molar refractivity (Wildman–Crippen MR) is 89.8 cm³/mol. The topological polar surface area (TPSA) is 44.8 Å². The number of halogens is 1. The second kappa shape index (κ2) is 8.36. The molecule has 1 fully saturated rings. The molecule has 0 saturated carbocycles. The quantitative estimate of drug-likeness (QED) is 0.872. The molecule has 1 aromatic rings. The number of anilines is 1. The number of carbonyl (C=O) groups is 1. The standard InChI is InChI=1S/C16H24ClN3O2/c1-3-19-8-10-20(11-9-19)7-6-16(21)18-14-12-13(17)4-5-15(14)22-2/h4-5,12H,3,6-11H2,1-2H3,(H,18,21). The summed E-state index contributed by atoms with van der Waals surface area (Å²) in [6.45, 7) is 8.29. The number of ether oxygens (including phenoxy) is 1. The fourth-order valence-electron chi connectivity index (χ4n) is 2.58. The van der Waals surface area contributed by atoms with Gasteiger partial charge in [0.05, 0.1) is 12.8 Å². The van der Waals surface area contributed by atoms with Crippen LogP contribution in [0.5, 0.6) is 5.75 Å². The predicted octanol–water partition coefficient (Wildman–Crippen LogP) is 2.31. The van der Waals surface area contributed by atoms with Gasteiger partial charge in [0.25, 0.3) is 0 Å². The van der Waals surface area contributed by atoms with Gasteiger partial charge in [-0.15, -0.1) is 0 Å². The third kappa shape index (κ3) is 4.87. The molecule has 6 heteroatoms. The number of hydrogen-bond acceptors (Lipinski definition) is 4. The molecule has 0 aromatic heterocycles. The van der Waals surface area contributed by atoms with Crippen molar-refractivity contribution in [2.45, 2.75) is 13.3 Å². The number of methoxy groups -OCH3 is 1. The minimum absolute atomic E-state index is 0.0153. The van der Waals surface area contributed by atoms with E-state index < -0.39 is 0 Å². The van der Waals surface area contributed by atoms with Crippen LogP contribution in [-0.2, 0) is 4.79 Å². The van der Waals surface area contributed by atoms with E-state index in [1.807, 2.05) is 0 Å². The van der Waals surface area contributed by atoms with Gasteiger partial charge in [-0.2, -0.15) is 0 Å². The minimum Gasteiger partial charge on any atom is -0.495 e. The van der Waals surface area contributed by atoms with Crippen molar-refractivity contribution in [2.24, 2.45) is 0 Å². The highest BCUT2D eigenvalue weighted by atomic mass is 35.5. The van der Waals surface area contributed by atoms with Gasteiger partial charge in [-0.05, 0) is 24.7 Å². The number of rotatable bonds is 6. The molecule has 1 saturated heterocycles. The first-order valence-corrected chi connectivity index (χ1v) is 8.08. The smallest absolute Gasteiger partial charge is 0.225 e. The third-order valence-electron chi connectivity index (χ3n) is 4.00. The Labute approximate surface area is 137 Å². The molecule has 1 N–H and O–H groups in total. The Kier molecular flexibility index (Phi) is 6.49. The summed E-state index contributed by atoms with van der Waals surface area (Å²) in [6, 6.07) is 5.20. The Morgan fingerprint density at radius 2 is 1.95 bits per heavy atom. The summed E-state index contributed by atoms with van der Waals surface area (Å²) in [5.41, 5.74) is 0.621. The number of piperazine rings is 1. The zero-order valence-electron chi connectivity index (χ0n) is 13.3. The minimum atomic E-state index is -0.0153. The molecular formula is C16H24ClN3O2. The van der Waals surface area contributed by atoms with Crippen molar-refractivity contribution in [1.29, 1.82) is 0 Å². The molecular weight excluding hydrogens is 302 g/mol. The largest absolute Gasteiger partial charge is 0.495 e. The zero-order valence-corrected chi connectivity index (χ0v) is 14.0. The maximum absolute atomic E-state index is 12.1. The Hall–Kier alpha value is -1.30. The van der Waals surface area contributed by atoms with Gasteiger partial charge in [0.2, 0.25) is 5.91 Å². The van der Waals surface area contributed by atoms with Crippen LogP contribution in [0, 0.1) is 0 Å². The molecule has 0 atom stereocenters. The lowest BCUT2D eigenvalue weighted by atomic mass is 10.2. The van der Waals surface area contributed by atoms with Crippen LogP contribution in [0.2, 0.25) is 5.02 Å². The monoisotopic (exact) mass is 325 g/mol. The van der Waals surface area contributed by atoms with Gasteiger partial charge in [0, 0.05) is 44.2 Å². The molecule has 2 rings (SSSR count). The Bertz CT molecular complexity index is 502. The molecule has 1 amide bonds. The Balaban J connectivity index is 1.80. The van der Waals surface area contributed by atoms with Gasteiger partial charge in [-0.3, -0.25) is 4.79 Å². The van der Waals surface area contributed by atoms with E-state index in [1.54, 1.807) is 25.3 Å². The highest BCUT2D eigenvalue weighted by Gasteiger charge is 2.16. The lowest BCUT2D eigenvalue weighted by Crippen LogP contribution is -2.46. The average Bonchev–Trinajstić information content (AvgIpc) is 2.53. The molecule has 1 heterocycles. The summed E-state index contributed by atoms with van der Waals surface area (Å²) in [6.07, 6.45) is 0.474. The second-order valence-corrected chi connectivity index (χ2v) is 5.86. The normalized spacial score (nSPS) is 16.5. The molecule has 0 aliphatic carbocycles. The zero-order chi connectivity index (χ0) is 15.9. The van der Waals surface area contributed by atoms with Crippen LogP contribution in [0.1, 0.15) is 13.3 Å². The van der Waals surface area contributed by atoms with Crippen LogP contribution < -0.4 is 10.1 Å². The fourth-order valence-corrected chi connectivity index (χ4v) is 2.75. The maximum Gasteiger partial charge on any atom is 0.225 e. The van der Waals surface area contributed by atoms with Crippen molar-refractivity contribution >= 4 is 23.2 Å². The molecule has 1 aliphatic rings. The average molecular weight is 326 g/mol. The summed E-state index contributed by atoms with van der Waals surface area (Å²) in [7, 11) is 1.58. The molecule has 122 valence electrons. The van der Waals surface area contributed by atoms with E-state index in [4.69, 9.17) is 16.3 Å². The van der Waals surface area contributed by atoms with Crippen LogP contribution in [-0.4, -0.2) is 62.1 Å². The van der Waals surface area contributed by atoms with E-state index in [0.29, 0.717) is 22.9 Å². The van der Waals surface area contributed by atoms with Crippen molar-refractivity contribution in [2.75, 3.05) is 51.7 Å². The summed E-state index contributed by atoms with van der Waals surface area (Å²) in [4.78, 5) is 16.9. The van der Waals surface area contributed by atoms with E-state index in [9.17, 15) is 4.79 Å².